The maximum absolute atomic E-state index is 11.8. The van der Waals surface area contributed by atoms with Gasteiger partial charge >= 0.3 is 6.18 Å². The van der Waals surface area contributed by atoms with Crippen molar-refractivity contribution in [2.75, 3.05) is 31.2 Å². The topological polar surface area (TPSA) is 52.5 Å². The van der Waals surface area contributed by atoms with E-state index in [1.165, 1.54) is 0 Å². The molecule has 0 heterocycles. The number of thioether (sulfide) groups is 1. The summed E-state index contributed by atoms with van der Waals surface area (Å²) in [6, 6.07) is 0. The quantitative estimate of drug-likeness (QED) is 0.550. The van der Waals surface area contributed by atoms with Crippen molar-refractivity contribution in [2.24, 2.45) is 0 Å². The normalized spacial score (nSPS) is 14.2. The van der Waals surface area contributed by atoms with Gasteiger partial charge in [0.1, 0.15) is 0 Å². The van der Waals surface area contributed by atoms with Crippen molar-refractivity contribution in [3.8, 4) is 0 Å². The fourth-order valence-electron chi connectivity index (χ4n) is 0.768. The van der Waals surface area contributed by atoms with Gasteiger partial charge in [0.2, 0.25) is 0 Å². The highest BCUT2D eigenvalue weighted by Crippen LogP contribution is 2.19. The SMILES string of the molecule is OCCCSCCNCC(O)C(F)(F)F. The van der Waals surface area contributed by atoms with Crippen molar-refractivity contribution in [2.45, 2.75) is 18.7 Å². The van der Waals surface area contributed by atoms with Gasteiger partial charge in [0.15, 0.2) is 6.10 Å². The van der Waals surface area contributed by atoms with Gasteiger partial charge in [-0.1, -0.05) is 0 Å². The zero-order valence-corrected chi connectivity index (χ0v) is 9.07. The Labute approximate surface area is 91.1 Å². The first kappa shape index (κ1) is 15.0. The van der Waals surface area contributed by atoms with Gasteiger partial charge in [-0.25, -0.2) is 0 Å². The van der Waals surface area contributed by atoms with Crippen molar-refractivity contribution in [3.63, 3.8) is 0 Å². The fraction of sp³-hybridized carbons (Fsp3) is 1.00. The van der Waals surface area contributed by atoms with Gasteiger partial charge < -0.3 is 15.5 Å². The Kier molecular flexibility index (Phi) is 8.22. The summed E-state index contributed by atoms with van der Waals surface area (Å²) in [5.41, 5.74) is 0. The Bertz CT molecular complexity index is 157. The van der Waals surface area contributed by atoms with Gasteiger partial charge in [-0.15, -0.1) is 0 Å². The van der Waals surface area contributed by atoms with Crippen LogP contribution in [0.5, 0.6) is 0 Å². The number of hydrogen-bond donors (Lipinski definition) is 3. The third-order valence-corrected chi connectivity index (χ3v) is 2.66. The van der Waals surface area contributed by atoms with E-state index in [4.69, 9.17) is 10.2 Å². The Morgan fingerprint density at radius 3 is 2.47 bits per heavy atom. The minimum absolute atomic E-state index is 0.132. The summed E-state index contributed by atoms with van der Waals surface area (Å²) < 4.78 is 35.4. The predicted molar refractivity (Wildman–Crippen MR) is 54.0 cm³/mol. The molecule has 0 bridgehead atoms. The van der Waals surface area contributed by atoms with Crippen LogP contribution in [0, 0.1) is 0 Å². The molecule has 0 spiro atoms. The lowest BCUT2D eigenvalue weighted by Gasteiger charge is -2.14. The summed E-state index contributed by atoms with van der Waals surface area (Å²) in [7, 11) is 0. The van der Waals surface area contributed by atoms with Crippen LogP contribution in [-0.4, -0.2) is 53.7 Å². The first-order valence-corrected chi connectivity index (χ1v) is 5.78. The second-order valence-corrected chi connectivity index (χ2v) is 4.18. The van der Waals surface area contributed by atoms with Crippen LogP contribution in [-0.2, 0) is 0 Å². The molecule has 0 aromatic rings. The van der Waals surface area contributed by atoms with Gasteiger partial charge in [0.25, 0.3) is 0 Å². The lowest BCUT2D eigenvalue weighted by Crippen LogP contribution is -2.39. The molecule has 0 amide bonds. The Balaban J connectivity index is 3.24. The highest BCUT2D eigenvalue weighted by atomic mass is 32.2. The van der Waals surface area contributed by atoms with Crippen LogP contribution in [0.15, 0.2) is 0 Å². The molecule has 0 saturated heterocycles. The molecule has 3 nitrogen and oxygen atoms in total. The number of halogens is 3. The highest BCUT2D eigenvalue weighted by molar-refractivity contribution is 7.99. The van der Waals surface area contributed by atoms with Crippen LogP contribution in [0.1, 0.15) is 6.42 Å². The van der Waals surface area contributed by atoms with Crippen molar-refractivity contribution in [1.29, 1.82) is 0 Å². The molecule has 3 N–H and O–H groups in total. The number of hydrogen-bond acceptors (Lipinski definition) is 4. The lowest BCUT2D eigenvalue weighted by molar-refractivity contribution is -0.201. The third kappa shape index (κ3) is 8.98. The molecule has 0 aromatic carbocycles. The molecule has 0 rings (SSSR count). The fourth-order valence-corrected chi connectivity index (χ4v) is 1.59. The van der Waals surface area contributed by atoms with Gasteiger partial charge in [0, 0.05) is 25.4 Å². The number of nitrogens with one attached hydrogen (secondary N) is 1. The minimum Gasteiger partial charge on any atom is -0.396 e. The molecule has 0 aliphatic rings. The summed E-state index contributed by atoms with van der Waals surface area (Å²) in [6.45, 7) is 0.0838. The van der Waals surface area contributed by atoms with Gasteiger partial charge in [0.05, 0.1) is 0 Å². The summed E-state index contributed by atoms with van der Waals surface area (Å²) in [6.07, 6.45) is -6.15. The lowest BCUT2D eigenvalue weighted by atomic mass is 10.3. The molecule has 1 atom stereocenters. The molecular formula is C8H16F3NO2S. The maximum atomic E-state index is 11.8. The zero-order valence-electron chi connectivity index (χ0n) is 8.26. The van der Waals surface area contributed by atoms with E-state index in [0.29, 0.717) is 18.7 Å². The van der Waals surface area contributed by atoms with E-state index in [1.54, 1.807) is 11.8 Å². The van der Waals surface area contributed by atoms with E-state index in [1.807, 2.05) is 0 Å². The molecule has 0 saturated carbocycles. The minimum atomic E-state index is -4.54. The van der Waals surface area contributed by atoms with E-state index >= 15 is 0 Å². The van der Waals surface area contributed by atoms with E-state index in [2.05, 4.69) is 5.32 Å². The van der Waals surface area contributed by atoms with Crippen molar-refractivity contribution in [3.05, 3.63) is 0 Å². The summed E-state index contributed by atoms with van der Waals surface area (Å²) in [4.78, 5) is 0. The van der Waals surface area contributed by atoms with E-state index in [9.17, 15) is 13.2 Å². The second-order valence-electron chi connectivity index (χ2n) is 2.95. The van der Waals surface area contributed by atoms with Crippen LogP contribution < -0.4 is 5.32 Å². The van der Waals surface area contributed by atoms with Crippen LogP contribution >= 0.6 is 11.8 Å². The number of aliphatic hydroxyl groups is 2. The van der Waals surface area contributed by atoms with E-state index < -0.39 is 18.8 Å². The van der Waals surface area contributed by atoms with Crippen LogP contribution in [0.3, 0.4) is 0 Å². The molecule has 0 aliphatic heterocycles. The highest BCUT2D eigenvalue weighted by Gasteiger charge is 2.37. The largest absolute Gasteiger partial charge is 0.415 e. The summed E-state index contributed by atoms with van der Waals surface area (Å²) in [5, 5.41) is 19.6. The Morgan fingerprint density at radius 1 is 1.27 bits per heavy atom. The van der Waals surface area contributed by atoms with Gasteiger partial charge in [-0.3, -0.25) is 0 Å². The first-order valence-electron chi connectivity index (χ1n) is 4.62. The van der Waals surface area contributed by atoms with Crippen LogP contribution in [0.4, 0.5) is 13.2 Å². The molecule has 0 fully saturated rings. The number of rotatable bonds is 8. The molecule has 0 aromatic heterocycles. The summed E-state index contributed by atoms with van der Waals surface area (Å²) >= 11 is 1.55. The first-order chi connectivity index (χ1) is 6.98. The van der Waals surface area contributed by atoms with Crippen molar-refractivity contribution >= 4 is 11.8 Å². The summed E-state index contributed by atoms with van der Waals surface area (Å²) in [5.74, 6) is 1.46. The Morgan fingerprint density at radius 2 is 1.93 bits per heavy atom. The average molecular weight is 247 g/mol. The van der Waals surface area contributed by atoms with Crippen molar-refractivity contribution in [1.82, 2.24) is 5.32 Å². The average Bonchev–Trinajstić information content (AvgIpc) is 2.14. The predicted octanol–water partition coefficient (Wildman–Crippen LogP) is 0.615. The van der Waals surface area contributed by atoms with E-state index in [-0.39, 0.29) is 6.61 Å². The number of aliphatic hydroxyl groups excluding tert-OH is 2. The zero-order chi connectivity index (χ0) is 11.7. The number of alkyl halides is 3. The standard InChI is InChI=1S/C8H16F3NO2S/c9-8(10,11)7(14)6-12-2-5-15-4-1-3-13/h7,12-14H,1-6H2. The Hall–Kier alpha value is 0.0200. The molecule has 92 valence electrons. The molecule has 1 unspecified atom stereocenters. The smallest absolute Gasteiger partial charge is 0.396 e. The molecular weight excluding hydrogens is 231 g/mol. The molecule has 15 heavy (non-hydrogen) atoms. The van der Waals surface area contributed by atoms with Gasteiger partial charge in [-0.2, -0.15) is 24.9 Å². The molecule has 0 radical (unpaired) electrons. The second kappa shape index (κ2) is 8.20. The maximum Gasteiger partial charge on any atom is 0.415 e. The van der Waals surface area contributed by atoms with Gasteiger partial charge in [-0.05, 0) is 12.2 Å². The van der Waals surface area contributed by atoms with Crippen LogP contribution in [0.25, 0.3) is 0 Å². The molecule has 7 heteroatoms. The van der Waals surface area contributed by atoms with Crippen LogP contribution in [0.2, 0.25) is 0 Å². The van der Waals surface area contributed by atoms with Crippen molar-refractivity contribution < 1.29 is 23.4 Å². The van der Waals surface area contributed by atoms with E-state index in [0.717, 1.165) is 5.75 Å². The monoisotopic (exact) mass is 247 g/mol. The molecule has 0 aliphatic carbocycles. The third-order valence-electron chi connectivity index (χ3n) is 1.59.